The predicted octanol–water partition coefficient (Wildman–Crippen LogP) is 5.02. The van der Waals surface area contributed by atoms with Gasteiger partial charge in [0.25, 0.3) is 10.0 Å². The quantitative estimate of drug-likeness (QED) is 0.618. The van der Waals surface area contributed by atoms with E-state index in [1.54, 1.807) is 54.9 Å². The van der Waals surface area contributed by atoms with Crippen LogP contribution in [0.3, 0.4) is 0 Å². The fourth-order valence-electron chi connectivity index (χ4n) is 2.37. The van der Waals surface area contributed by atoms with Crippen LogP contribution < -0.4 is 0 Å². The molecule has 0 aliphatic heterocycles. The van der Waals surface area contributed by atoms with Crippen LogP contribution in [-0.2, 0) is 10.0 Å². The molecule has 0 atom stereocenters. The third-order valence-corrected chi connectivity index (χ3v) is 5.41. The van der Waals surface area contributed by atoms with E-state index in [2.05, 4.69) is 0 Å². The van der Waals surface area contributed by atoms with Crippen molar-refractivity contribution in [2.75, 3.05) is 0 Å². The van der Waals surface area contributed by atoms with E-state index in [4.69, 9.17) is 0 Å². The SMILES string of the molecule is O=S(=O)(c1ccccc1)N(C=Cc1ccccc1)C=Cc1ccccc1. The molecule has 0 fully saturated rings. The Balaban J connectivity index is 1.96. The molecule has 26 heavy (non-hydrogen) atoms. The van der Waals surface area contributed by atoms with Crippen molar-refractivity contribution < 1.29 is 8.42 Å². The number of hydrogen-bond acceptors (Lipinski definition) is 2. The van der Waals surface area contributed by atoms with Gasteiger partial charge < -0.3 is 0 Å². The number of benzene rings is 3. The van der Waals surface area contributed by atoms with Gasteiger partial charge in [-0.2, -0.15) is 0 Å². The molecule has 3 aromatic rings. The first-order chi connectivity index (χ1) is 12.7. The fraction of sp³-hybridized carbons (Fsp3) is 0. The maximum Gasteiger partial charge on any atom is 0.267 e. The molecule has 0 heterocycles. The van der Waals surface area contributed by atoms with Crippen LogP contribution in [0, 0.1) is 0 Å². The molecule has 0 N–H and O–H groups in total. The molecule has 0 radical (unpaired) electrons. The molecular weight excluding hydrogens is 342 g/mol. The zero-order valence-corrected chi connectivity index (χ0v) is 15.0. The molecule has 0 amide bonds. The van der Waals surface area contributed by atoms with Gasteiger partial charge in [0.15, 0.2) is 0 Å². The zero-order chi connectivity index (χ0) is 18.2. The molecule has 0 unspecified atom stereocenters. The summed E-state index contributed by atoms with van der Waals surface area (Å²) in [5, 5.41) is 0. The van der Waals surface area contributed by atoms with Crippen molar-refractivity contribution in [1.29, 1.82) is 0 Å². The highest BCUT2D eigenvalue weighted by molar-refractivity contribution is 7.89. The van der Waals surface area contributed by atoms with Crippen LogP contribution in [-0.4, -0.2) is 12.7 Å². The van der Waals surface area contributed by atoms with Crippen LogP contribution in [0.1, 0.15) is 11.1 Å². The summed E-state index contributed by atoms with van der Waals surface area (Å²) in [5.74, 6) is 0. The molecule has 3 rings (SSSR count). The van der Waals surface area contributed by atoms with Gasteiger partial charge >= 0.3 is 0 Å². The Labute approximate surface area is 154 Å². The summed E-state index contributed by atoms with van der Waals surface area (Å²) in [6, 6.07) is 27.6. The van der Waals surface area contributed by atoms with E-state index in [0.717, 1.165) is 11.1 Å². The Hall–Kier alpha value is -3.11. The first kappa shape index (κ1) is 17.7. The molecule has 0 aromatic heterocycles. The maximum atomic E-state index is 13.0. The Kier molecular flexibility index (Phi) is 5.66. The van der Waals surface area contributed by atoms with Gasteiger partial charge in [-0.25, -0.2) is 12.7 Å². The summed E-state index contributed by atoms with van der Waals surface area (Å²) < 4.78 is 27.2. The lowest BCUT2D eigenvalue weighted by Gasteiger charge is -2.16. The second-order valence-electron chi connectivity index (χ2n) is 5.60. The largest absolute Gasteiger partial charge is 0.267 e. The van der Waals surface area contributed by atoms with Gasteiger partial charge in [-0.3, -0.25) is 0 Å². The molecular formula is C22H19NO2S. The number of rotatable bonds is 6. The van der Waals surface area contributed by atoms with E-state index in [1.165, 1.54) is 4.31 Å². The zero-order valence-electron chi connectivity index (χ0n) is 14.1. The summed E-state index contributed by atoms with van der Waals surface area (Å²) in [6.07, 6.45) is 6.68. The van der Waals surface area contributed by atoms with Crippen molar-refractivity contribution >= 4 is 22.2 Å². The molecule has 3 aromatic carbocycles. The highest BCUT2D eigenvalue weighted by Crippen LogP contribution is 2.18. The van der Waals surface area contributed by atoms with Crippen LogP contribution in [0.4, 0.5) is 0 Å². The third-order valence-electron chi connectivity index (χ3n) is 3.75. The standard InChI is InChI=1S/C22H19NO2S/c24-26(25,22-14-8-3-9-15-22)23(18-16-20-10-4-1-5-11-20)19-17-21-12-6-2-7-13-21/h1-19H. The average Bonchev–Trinajstić information content (AvgIpc) is 2.70. The second kappa shape index (κ2) is 8.32. The molecule has 130 valence electrons. The minimum absolute atomic E-state index is 0.246. The molecule has 0 spiro atoms. The number of nitrogens with zero attached hydrogens (tertiary/aromatic N) is 1. The number of sulfonamides is 1. The van der Waals surface area contributed by atoms with E-state index >= 15 is 0 Å². The predicted molar refractivity (Wildman–Crippen MR) is 106 cm³/mol. The summed E-state index contributed by atoms with van der Waals surface area (Å²) in [7, 11) is -3.68. The van der Waals surface area contributed by atoms with Gasteiger partial charge in [0.1, 0.15) is 0 Å². The Morgan fingerprint density at radius 2 is 0.962 bits per heavy atom. The van der Waals surface area contributed by atoms with Crippen molar-refractivity contribution in [2.24, 2.45) is 0 Å². The summed E-state index contributed by atoms with van der Waals surface area (Å²) in [6.45, 7) is 0. The van der Waals surface area contributed by atoms with Crippen molar-refractivity contribution in [3.8, 4) is 0 Å². The molecule has 0 aliphatic carbocycles. The Morgan fingerprint density at radius 3 is 1.38 bits per heavy atom. The van der Waals surface area contributed by atoms with Crippen molar-refractivity contribution in [3.05, 3.63) is 115 Å². The van der Waals surface area contributed by atoms with E-state index in [0.29, 0.717) is 0 Å². The van der Waals surface area contributed by atoms with Gasteiger partial charge in [-0.15, -0.1) is 0 Å². The smallest absolute Gasteiger partial charge is 0.249 e. The van der Waals surface area contributed by atoms with Crippen LogP contribution in [0.5, 0.6) is 0 Å². The minimum Gasteiger partial charge on any atom is -0.249 e. The van der Waals surface area contributed by atoms with Gasteiger partial charge in [-0.05, 0) is 35.4 Å². The highest BCUT2D eigenvalue weighted by Gasteiger charge is 2.19. The van der Waals surface area contributed by atoms with E-state index in [9.17, 15) is 8.42 Å². The Bertz CT molecular complexity index is 931. The normalized spacial score (nSPS) is 11.8. The minimum atomic E-state index is -3.68. The highest BCUT2D eigenvalue weighted by atomic mass is 32.2. The van der Waals surface area contributed by atoms with E-state index < -0.39 is 10.0 Å². The van der Waals surface area contributed by atoms with E-state index in [-0.39, 0.29) is 4.90 Å². The lowest BCUT2D eigenvalue weighted by molar-refractivity contribution is 0.554. The van der Waals surface area contributed by atoms with Gasteiger partial charge in [0.2, 0.25) is 0 Å². The molecule has 0 saturated heterocycles. The third kappa shape index (κ3) is 4.49. The van der Waals surface area contributed by atoms with Crippen LogP contribution in [0.25, 0.3) is 12.2 Å². The molecule has 0 saturated carbocycles. The first-order valence-corrected chi connectivity index (χ1v) is 9.65. The average molecular weight is 361 g/mol. The number of hydrogen-bond donors (Lipinski definition) is 0. The molecule has 3 nitrogen and oxygen atoms in total. The molecule has 4 heteroatoms. The Morgan fingerprint density at radius 1 is 0.577 bits per heavy atom. The summed E-state index contributed by atoms with van der Waals surface area (Å²) >= 11 is 0. The van der Waals surface area contributed by atoms with Crippen LogP contribution >= 0.6 is 0 Å². The van der Waals surface area contributed by atoms with Gasteiger partial charge in [0.05, 0.1) is 4.90 Å². The van der Waals surface area contributed by atoms with E-state index in [1.807, 2.05) is 60.7 Å². The second-order valence-corrected chi connectivity index (χ2v) is 7.44. The first-order valence-electron chi connectivity index (χ1n) is 8.21. The van der Waals surface area contributed by atoms with Gasteiger partial charge in [0, 0.05) is 12.4 Å². The van der Waals surface area contributed by atoms with Crippen molar-refractivity contribution in [2.45, 2.75) is 4.90 Å². The molecule has 0 aliphatic rings. The summed E-state index contributed by atoms with van der Waals surface area (Å²) in [5.41, 5.74) is 1.85. The lowest BCUT2D eigenvalue weighted by atomic mass is 10.2. The fourth-order valence-corrected chi connectivity index (χ4v) is 3.56. The molecule has 0 bridgehead atoms. The van der Waals surface area contributed by atoms with Crippen LogP contribution in [0.2, 0.25) is 0 Å². The van der Waals surface area contributed by atoms with Crippen molar-refractivity contribution in [3.63, 3.8) is 0 Å². The topological polar surface area (TPSA) is 37.4 Å². The lowest BCUT2D eigenvalue weighted by Crippen LogP contribution is -2.20. The monoisotopic (exact) mass is 361 g/mol. The summed E-state index contributed by atoms with van der Waals surface area (Å²) in [4.78, 5) is 0.246. The maximum absolute atomic E-state index is 13.0. The van der Waals surface area contributed by atoms with Crippen LogP contribution in [0.15, 0.2) is 108 Å². The van der Waals surface area contributed by atoms with Crippen molar-refractivity contribution in [1.82, 2.24) is 4.31 Å². The van der Waals surface area contributed by atoms with Gasteiger partial charge in [-0.1, -0.05) is 78.9 Å².